The molecule has 3 rings (SSSR count). The van der Waals surface area contributed by atoms with Crippen LogP contribution in [0.2, 0.25) is 0 Å². The quantitative estimate of drug-likeness (QED) is 0.297. The second kappa shape index (κ2) is 11.6. The molecule has 0 amide bonds. The van der Waals surface area contributed by atoms with Gasteiger partial charge in [-0.25, -0.2) is 0 Å². The summed E-state index contributed by atoms with van der Waals surface area (Å²) >= 11 is 0. The Kier molecular flexibility index (Phi) is 8.90. The molecule has 1 aromatic carbocycles. The first-order valence-electron chi connectivity index (χ1n) is 12.2. The van der Waals surface area contributed by atoms with Crippen molar-refractivity contribution in [3.8, 4) is 0 Å². The van der Waals surface area contributed by atoms with E-state index in [4.69, 9.17) is 0 Å². The van der Waals surface area contributed by atoms with Gasteiger partial charge in [-0.05, 0) is 113 Å². The van der Waals surface area contributed by atoms with E-state index < -0.39 is 0 Å². The third-order valence-corrected chi connectivity index (χ3v) is 7.33. The standard InChI is InChI=1S/C28H42/c1-3-5-6-7-8-10-24-13-17-26(18-14-24)28-21-19-27(20-22-28)25-15-11-23(9-4-2)12-16-25/h3,5,11-13,15-16,26-28H,4,6-10,14,17-22H2,1-2H3/b5-3+. The van der Waals surface area contributed by atoms with Crippen molar-refractivity contribution < 1.29 is 0 Å². The van der Waals surface area contributed by atoms with Gasteiger partial charge in [-0.15, -0.1) is 0 Å². The van der Waals surface area contributed by atoms with E-state index in [1.807, 2.05) is 0 Å². The molecule has 1 atom stereocenters. The van der Waals surface area contributed by atoms with Gasteiger partial charge in [0.15, 0.2) is 0 Å². The smallest absolute Gasteiger partial charge is 0.0162 e. The number of aryl methyl sites for hydroxylation is 1. The van der Waals surface area contributed by atoms with Gasteiger partial charge >= 0.3 is 0 Å². The highest BCUT2D eigenvalue weighted by Gasteiger charge is 2.29. The zero-order valence-corrected chi connectivity index (χ0v) is 18.5. The molecule has 0 radical (unpaired) electrons. The molecule has 2 aliphatic rings. The SMILES string of the molecule is C/C=C/CCCCC1=CCC(C2CCC(c3ccc(CCC)cc3)CC2)CC1. The fourth-order valence-corrected chi connectivity index (χ4v) is 5.51. The summed E-state index contributed by atoms with van der Waals surface area (Å²) < 4.78 is 0. The number of rotatable bonds is 9. The van der Waals surface area contributed by atoms with Crippen LogP contribution in [0.15, 0.2) is 48.1 Å². The molecular weight excluding hydrogens is 336 g/mol. The molecule has 0 heterocycles. The van der Waals surface area contributed by atoms with Crippen LogP contribution >= 0.6 is 0 Å². The molecule has 2 aliphatic carbocycles. The van der Waals surface area contributed by atoms with Gasteiger partial charge in [-0.3, -0.25) is 0 Å². The van der Waals surface area contributed by atoms with Gasteiger partial charge in [0.1, 0.15) is 0 Å². The van der Waals surface area contributed by atoms with Crippen LogP contribution in [-0.2, 0) is 6.42 Å². The maximum Gasteiger partial charge on any atom is -0.0162 e. The van der Waals surface area contributed by atoms with E-state index in [-0.39, 0.29) is 0 Å². The number of unbranched alkanes of at least 4 members (excludes halogenated alkanes) is 2. The number of hydrogen-bond donors (Lipinski definition) is 0. The minimum atomic E-state index is 0.818. The molecule has 1 unspecified atom stereocenters. The van der Waals surface area contributed by atoms with Gasteiger partial charge in [0.2, 0.25) is 0 Å². The average Bonchev–Trinajstić information content (AvgIpc) is 2.75. The molecule has 0 spiro atoms. The molecule has 1 aromatic rings. The van der Waals surface area contributed by atoms with Crippen molar-refractivity contribution >= 4 is 0 Å². The molecule has 0 nitrogen and oxygen atoms in total. The summed E-state index contributed by atoms with van der Waals surface area (Å²) in [5, 5.41) is 0. The van der Waals surface area contributed by atoms with Crippen LogP contribution in [0, 0.1) is 11.8 Å². The van der Waals surface area contributed by atoms with Crippen molar-refractivity contribution in [3.63, 3.8) is 0 Å². The molecule has 0 heteroatoms. The van der Waals surface area contributed by atoms with Crippen LogP contribution in [0.3, 0.4) is 0 Å². The van der Waals surface area contributed by atoms with Gasteiger partial charge in [0.25, 0.3) is 0 Å². The van der Waals surface area contributed by atoms with Crippen LogP contribution in [0.1, 0.15) is 108 Å². The average molecular weight is 379 g/mol. The third kappa shape index (κ3) is 6.36. The number of allylic oxidation sites excluding steroid dienone is 4. The van der Waals surface area contributed by atoms with E-state index in [0.717, 1.165) is 17.8 Å². The summed E-state index contributed by atoms with van der Waals surface area (Å²) in [4.78, 5) is 0. The highest BCUT2D eigenvalue weighted by Crippen LogP contribution is 2.43. The summed E-state index contributed by atoms with van der Waals surface area (Å²) in [6, 6.07) is 9.58. The monoisotopic (exact) mass is 378 g/mol. The van der Waals surface area contributed by atoms with Gasteiger partial charge < -0.3 is 0 Å². The van der Waals surface area contributed by atoms with Gasteiger partial charge in [0.05, 0.1) is 0 Å². The molecule has 0 bridgehead atoms. The lowest BCUT2D eigenvalue weighted by atomic mass is 9.70. The Morgan fingerprint density at radius 1 is 0.893 bits per heavy atom. The van der Waals surface area contributed by atoms with Gasteiger partial charge in [0, 0.05) is 0 Å². The van der Waals surface area contributed by atoms with E-state index in [2.05, 4.69) is 56.3 Å². The second-order valence-corrected chi connectivity index (χ2v) is 9.31. The van der Waals surface area contributed by atoms with Crippen molar-refractivity contribution in [1.82, 2.24) is 0 Å². The summed E-state index contributed by atoms with van der Waals surface area (Å²) in [5.74, 6) is 2.78. The molecule has 1 fully saturated rings. The van der Waals surface area contributed by atoms with E-state index in [9.17, 15) is 0 Å². The van der Waals surface area contributed by atoms with Crippen molar-refractivity contribution in [2.24, 2.45) is 11.8 Å². The van der Waals surface area contributed by atoms with E-state index in [1.165, 1.54) is 89.0 Å². The largest absolute Gasteiger partial charge is 0.0917 e. The van der Waals surface area contributed by atoms with Crippen molar-refractivity contribution in [2.45, 2.75) is 103 Å². The lowest BCUT2D eigenvalue weighted by Gasteiger charge is -2.35. The highest BCUT2D eigenvalue weighted by atomic mass is 14.3. The molecule has 0 aromatic heterocycles. The highest BCUT2D eigenvalue weighted by molar-refractivity contribution is 5.26. The van der Waals surface area contributed by atoms with E-state index >= 15 is 0 Å². The van der Waals surface area contributed by atoms with Crippen LogP contribution in [0.25, 0.3) is 0 Å². The fourth-order valence-electron chi connectivity index (χ4n) is 5.51. The Hall–Kier alpha value is -1.30. The van der Waals surface area contributed by atoms with Crippen LogP contribution in [0.4, 0.5) is 0 Å². The Bertz CT molecular complexity index is 610. The summed E-state index contributed by atoms with van der Waals surface area (Å²) in [6.07, 6.45) is 24.9. The minimum absolute atomic E-state index is 0.818. The first-order chi connectivity index (χ1) is 13.8. The Morgan fingerprint density at radius 3 is 2.32 bits per heavy atom. The lowest BCUT2D eigenvalue weighted by Crippen LogP contribution is -2.22. The van der Waals surface area contributed by atoms with Crippen molar-refractivity contribution in [2.75, 3.05) is 0 Å². The van der Waals surface area contributed by atoms with E-state index in [0.29, 0.717) is 0 Å². The molecule has 154 valence electrons. The first-order valence-corrected chi connectivity index (χ1v) is 12.2. The normalized spacial score (nSPS) is 25.8. The second-order valence-electron chi connectivity index (χ2n) is 9.31. The maximum absolute atomic E-state index is 2.63. The summed E-state index contributed by atoms with van der Waals surface area (Å²) in [6.45, 7) is 4.39. The molecule has 1 saturated carbocycles. The Labute approximate surface area is 174 Å². The third-order valence-electron chi connectivity index (χ3n) is 7.33. The van der Waals surface area contributed by atoms with Crippen molar-refractivity contribution in [3.05, 3.63) is 59.2 Å². The Balaban J connectivity index is 1.39. The van der Waals surface area contributed by atoms with Gasteiger partial charge in [-0.1, -0.05) is 61.4 Å². The van der Waals surface area contributed by atoms with Crippen LogP contribution in [-0.4, -0.2) is 0 Å². The first kappa shape index (κ1) is 21.4. The van der Waals surface area contributed by atoms with Crippen molar-refractivity contribution in [1.29, 1.82) is 0 Å². The zero-order valence-electron chi connectivity index (χ0n) is 18.5. The summed E-state index contributed by atoms with van der Waals surface area (Å²) in [5.41, 5.74) is 4.87. The molecular formula is C28H42. The fraction of sp³-hybridized carbons (Fsp3) is 0.643. The number of benzene rings is 1. The zero-order chi connectivity index (χ0) is 19.6. The molecule has 28 heavy (non-hydrogen) atoms. The van der Waals surface area contributed by atoms with Crippen LogP contribution in [0.5, 0.6) is 0 Å². The molecule has 0 aliphatic heterocycles. The van der Waals surface area contributed by atoms with Gasteiger partial charge in [-0.2, -0.15) is 0 Å². The molecule has 0 saturated heterocycles. The predicted molar refractivity (Wildman–Crippen MR) is 124 cm³/mol. The lowest BCUT2D eigenvalue weighted by molar-refractivity contribution is 0.217. The topological polar surface area (TPSA) is 0 Å². The Morgan fingerprint density at radius 2 is 1.68 bits per heavy atom. The summed E-state index contributed by atoms with van der Waals surface area (Å²) in [7, 11) is 0. The number of hydrogen-bond acceptors (Lipinski definition) is 0. The van der Waals surface area contributed by atoms with Crippen LogP contribution < -0.4 is 0 Å². The minimum Gasteiger partial charge on any atom is -0.0917 e. The molecule has 0 N–H and O–H groups in total. The van der Waals surface area contributed by atoms with E-state index in [1.54, 1.807) is 11.1 Å². The predicted octanol–water partition coefficient (Wildman–Crippen LogP) is 8.78. The maximum atomic E-state index is 2.63.